The molecule has 0 fully saturated rings. The van der Waals surface area contributed by atoms with Gasteiger partial charge in [-0.2, -0.15) is 0 Å². The predicted octanol–water partition coefficient (Wildman–Crippen LogP) is 3.46. The highest BCUT2D eigenvalue weighted by Gasteiger charge is 2.11. The lowest BCUT2D eigenvalue weighted by Crippen LogP contribution is -2.14. The largest absolute Gasteiger partial charge is 0.478 e. The van der Waals surface area contributed by atoms with Gasteiger partial charge in [-0.05, 0) is 38.3 Å². The first kappa shape index (κ1) is 15.0. The number of hydrogen-bond donors (Lipinski definition) is 2. The van der Waals surface area contributed by atoms with E-state index >= 15 is 0 Å². The second kappa shape index (κ2) is 8.08. The summed E-state index contributed by atoms with van der Waals surface area (Å²) >= 11 is 0. The summed E-state index contributed by atoms with van der Waals surface area (Å²) in [5.74, 6) is -1.18. The molecule has 19 heavy (non-hydrogen) atoms. The van der Waals surface area contributed by atoms with E-state index < -0.39 is 5.97 Å². The molecular formula is C15H19NO3. The molecule has 0 aliphatic carbocycles. The summed E-state index contributed by atoms with van der Waals surface area (Å²) in [5.41, 5.74) is 0.471. The normalized spacial score (nSPS) is 10.6. The van der Waals surface area contributed by atoms with Crippen LogP contribution in [0, 0.1) is 0 Å². The summed E-state index contributed by atoms with van der Waals surface area (Å²) in [5, 5.41) is 11.6. The molecule has 102 valence electrons. The Morgan fingerprint density at radius 1 is 1.26 bits per heavy atom. The third-order valence-corrected chi connectivity index (χ3v) is 2.69. The lowest BCUT2D eigenvalue weighted by molar-refractivity contribution is -0.116. The number of hydrogen-bond acceptors (Lipinski definition) is 2. The summed E-state index contributed by atoms with van der Waals surface area (Å²) < 4.78 is 0. The van der Waals surface area contributed by atoms with Crippen LogP contribution in [0.25, 0.3) is 0 Å². The maximum Gasteiger partial charge on any atom is 0.337 e. The van der Waals surface area contributed by atoms with E-state index in [0.29, 0.717) is 12.1 Å². The number of allylic oxidation sites excluding steroid dienone is 2. The molecule has 0 bridgehead atoms. The number of carboxylic acid groups (broad SMARTS) is 1. The Morgan fingerprint density at radius 3 is 2.68 bits per heavy atom. The summed E-state index contributed by atoms with van der Waals surface area (Å²) in [6.07, 6.45) is 7.19. The van der Waals surface area contributed by atoms with Gasteiger partial charge in [0.25, 0.3) is 0 Å². The van der Waals surface area contributed by atoms with Gasteiger partial charge in [-0.25, -0.2) is 4.79 Å². The van der Waals surface area contributed by atoms with Gasteiger partial charge in [-0.3, -0.25) is 4.79 Å². The fourth-order valence-corrected chi connectivity index (χ4v) is 1.71. The molecule has 0 heterocycles. The van der Waals surface area contributed by atoms with Crippen LogP contribution in [-0.2, 0) is 4.79 Å². The van der Waals surface area contributed by atoms with Crippen LogP contribution < -0.4 is 5.32 Å². The van der Waals surface area contributed by atoms with Crippen LogP contribution in [0.3, 0.4) is 0 Å². The van der Waals surface area contributed by atoms with E-state index in [1.807, 2.05) is 13.0 Å². The first-order valence-corrected chi connectivity index (χ1v) is 6.38. The van der Waals surface area contributed by atoms with Crippen LogP contribution in [0.15, 0.2) is 36.4 Å². The lowest BCUT2D eigenvalue weighted by atomic mass is 10.1. The second-order valence-corrected chi connectivity index (χ2v) is 4.21. The number of carboxylic acids is 1. The van der Waals surface area contributed by atoms with E-state index in [9.17, 15) is 9.59 Å². The van der Waals surface area contributed by atoms with Crippen molar-refractivity contribution in [3.63, 3.8) is 0 Å². The average molecular weight is 261 g/mol. The van der Waals surface area contributed by atoms with Crippen molar-refractivity contribution in [3.8, 4) is 0 Å². The minimum Gasteiger partial charge on any atom is -0.478 e. The Kier molecular flexibility index (Phi) is 6.36. The summed E-state index contributed by atoms with van der Waals surface area (Å²) in [4.78, 5) is 22.7. The average Bonchev–Trinajstić information content (AvgIpc) is 2.39. The molecule has 0 aliphatic rings. The number of para-hydroxylation sites is 1. The van der Waals surface area contributed by atoms with Crippen molar-refractivity contribution < 1.29 is 14.7 Å². The summed E-state index contributed by atoms with van der Waals surface area (Å²) in [7, 11) is 0. The third kappa shape index (κ3) is 5.38. The Hall–Kier alpha value is -2.10. The minimum atomic E-state index is -1.04. The van der Waals surface area contributed by atoms with Gasteiger partial charge in [0.05, 0.1) is 11.3 Å². The molecule has 1 amide bonds. The molecule has 0 radical (unpaired) electrons. The summed E-state index contributed by atoms with van der Waals surface area (Å²) in [6, 6.07) is 6.41. The minimum absolute atomic E-state index is 0.116. The van der Waals surface area contributed by atoms with Gasteiger partial charge < -0.3 is 10.4 Å². The Balaban J connectivity index is 2.46. The van der Waals surface area contributed by atoms with Crippen LogP contribution in [-0.4, -0.2) is 17.0 Å². The molecular weight excluding hydrogens is 242 g/mol. The molecule has 1 aromatic rings. The van der Waals surface area contributed by atoms with E-state index in [1.54, 1.807) is 18.2 Å². The van der Waals surface area contributed by atoms with E-state index in [2.05, 4.69) is 11.4 Å². The molecule has 2 N–H and O–H groups in total. The quantitative estimate of drug-likeness (QED) is 0.583. The Labute approximate surface area is 113 Å². The Bertz CT molecular complexity index is 466. The van der Waals surface area contributed by atoms with Crippen molar-refractivity contribution in [1.29, 1.82) is 0 Å². The second-order valence-electron chi connectivity index (χ2n) is 4.21. The third-order valence-electron chi connectivity index (χ3n) is 2.69. The zero-order chi connectivity index (χ0) is 14.1. The van der Waals surface area contributed by atoms with Gasteiger partial charge in [0.15, 0.2) is 0 Å². The van der Waals surface area contributed by atoms with Crippen LogP contribution >= 0.6 is 0 Å². The zero-order valence-corrected chi connectivity index (χ0v) is 11.1. The SMILES string of the molecule is CC=CCCCCC(=O)Nc1ccccc1C(=O)O. The standard InChI is InChI=1S/C15H19NO3/c1-2-3-4-5-6-11-14(17)16-13-10-8-7-9-12(13)15(18)19/h2-3,7-10H,4-6,11H2,1H3,(H,16,17)(H,18,19). The van der Waals surface area contributed by atoms with Gasteiger partial charge in [0, 0.05) is 6.42 Å². The van der Waals surface area contributed by atoms with Gasteiger partial charge in [0.1, 0.15) is 0 Å². The van der Waals surface area contributed by atoms with Crippen molar-refractivity contribution >= 4 is 17.6 Å². The molecule has 1 aromatic carbocycles. The first-order chi connectivity index (χ1) is 9.15. The highest BCUT2D eigenvalue weighted by Crippen LogP contribution is 2.15. The molecule has 0 aliphatic heterocycles. The van der Waals surface area contributed by atoms with Crippen LogP contribution in [0.4, 0.5) is 5.69 Å². The first-order valence-electron chi connectivity index (χ1n) is 6.38. The summed E-state index contributed by atoms with van der Waals surface area (Å²) in [6.45, 7) is 1.97. The van der Waals surface area contributed by atoms with Crippen molar-refractivity contribution in [2.75, 3.05) is 5.32 Å². The maximum atomic E-state index is 11.7. The topological polar surface area (TPSA) is 66.4 Å². The molecule has 1 rings (SSSR count). The lowest BCUT2D eigenvalue weighted by Gasteiger charge is -2.07. The number of carbonyl (C=O) groups is 2. The highest BCUT2D eigenvalue weighted by atomic mass is 16.4. The van der Waals surface area contributed by atoms with E-state index in [1.165, 1.54) is 6.07 Å². The number of benzene rings is 1. The number of rotatable bonds is 7. The molecule has 0 atom stereocenters. The molecule has 4 nitrogen and oxygen atoms in total. The number of aromatic carboxylic acids is 1. The fourth-order valence-electron chi connectivity index (χ4n) is 1.71. The van der Waals surface area contributed by atoms with Gasteiger partial charge in [0.2, 0.25) is 5.91 Å². The molecule has 4 heteroatoms. The van der Waals surface area contributed by atoms with E-state index in [4.69, 9.17) is 5.11 Å². The van der Waals surface area contributed by atoms with Crippen molar-refractivity contribution in [3.05, 3.63) is 42.0 Å². The fraction of sp³-hybridized carbons (Fsp3) is 0.333. The Morgan fingerprint density at radius 2 is 2.00 bits per heavy atom. The van der Waals surface area contributed by atoms with E-state index in [-0.39, 0.29) is 11.5 Å². The van der Waals surface area contributed by atoms with Gasteiger partial charge in [-0.15, -0.1) is 0 Å². The molecule has 0 saturated heterocycles. The van der Waals surface area contributed by atoms with Crippen LogP contribution in [0.2, 0.25) is 0 Å². The molecule has 0 unspecified atom stereocenters. The number of nitrogens with one attached hydrogen (secondary N) is 1. The monoisotopic (exact) mass is 261 g/mol. The molecule has 0 spiro atoms. The van der Waals surface area contributed by atoms with Gasteiger partial charge in [-0.1, -0.05) is 24.3 Å². The highest BCUT2D eigenvalue weighted by molar-refractivity contribution is 6.00. The van der Waals surface area contributed by atoms with Gasteiger partial charge >= 0.3 is 5.97 Å². The van der Waals surface area contributed by atoms with Crippen molar-refractivity contribution in [1.82, 2.24) is 0 Å². The predicted molar refractivity (Wildman–Crippen MR) is 75.3 cm³/mol. The number of unbranched alkanes of at least 4 members (excludes halogenated alkanes) is 2. The van der Waals surface area contributed by atoms with Crippen LogP contribution in [0.5, 0.6) is 0 Å². The number of carbonyl (C=O) groups excluding carboxylic acids is 1. The number of amides is 1. The molecule has 0 aromatic heterocycles. The van der Waals surface area contributed by atoms with Crippen LogP contribution in [0.1, 0.15) is 43.0 Å². The number of anilines is 1. The maximum absolute atomic E-state index is 11.7. The smallest absolute Gasteiger partial charge is 0.337 e. The van der Waals surface area contributed by atoms with Crippen molar-refractivity contribution in [2.45, 2.75) is 32.6 Å². The zero-order valence-electron chi connectivity index (χ0n) is 11.1. The molecule has 0 saturated carbocycles. The van der Waals surface area contributed by atoms with Crippen molar-refractivity contribution in [2.24, 2.45) is 0 Å². The van der Waals surface area contributed by atoms with E-state index in [0.717, 1.165) is 19.3 Å².